The van der Waals surface area contributed by atoms with Crippen LogP contribution in [0.25, 0.3) is 0 Å². The molecule has 3 aliphatic heterocycles. The molecule has 3 saturated heterocycles. The quantitative estimate of drug-likeness (QED) is 0.809. The average molecular weight is 336 g/mol. The third-order valence-electron chi connectivity index (χ3n) is 6.00. The third kappa shape index (κ3) is 3.75. The SMILES string of the molecule is CN1C[C@@]2(C)CN(C(=O)CN3CCC(C(N)=O)CC3)C[C@@](C)(C1)C2. The Balaban J connectivity index is 1.57. The van der Waals surface area contributed by atoms with Crippen LogP contribution >= 0.6 is 0 Å². The molecule has 3 aliphatic rings. The van der Waals surface area contributed by atoms with Crippen LogP contribution in [-0.2, 0) is 9.59 Å². The van der Waals surface area contributed by atoms with Gasteiger partial charge in [0.2, 0.25) is 11.8 Å². The van der Waals surface area contributed by atoms with Crippen molar-refractivity contribution in [3.63, 3.8) is 0 Å². The lowest BCUT2D eigenvalue weighted by Gasteiger charge is -2.56. The van der Waals surface area contributed by atoms with Crippen LogP contribution < -0.4 is 5.73 Å². The molecule has 6 nitrogen and oxygen atoms in total. The molecule has 0 aromatic carbocycles. The second-order valence-electron chi connectivity index (χ2n) is 9.17. The van der Waals surface area contributed by atoms with Crippen LogP contribution in [0.3, 0.4) is 0 Å². The summed E-state index contributed by atoms with van der Waals surface area (Å²) in [5, 5.41) is 0. The van der Waals surface area contributed by atoms with Crippen LogP contribution in [0, 0.1) is 16.7 Å². The number of amides is 2. The average Bonchev–Trinajstić information content (AvgIpc) is 2.44. The van der Waals surface area contributed by atoms with Crippen molar-refractivity contribution < 1.29 is 9.59 Å². The lowest BCUT2D eigenvalue weighted by atomic mass is 9.65. The first-order valence-corrected chi connectivity index (χ1v) is 9.16. The van der Waals surface area contributed by atoms with E-state index in [0.717, 1.165) is 52.1 Å². The molecule has 0 saturated carbocycles. The number of fused-ring (bicyclic) bond motifs is 2. The van der Waals surface area contributed by atoms with E-state index in [1.54, 1.807) is 0 Å². The smallest absolute Gasteiger partial charge is 0.236 e. The Morgan fingerprint density at radius 3 is 2.08 bits per heavy atom. The fraction of sp³-hybridized carbons (Fsp3) is 0.889. The first-order chi connectivity index (χ1) is 11.2. The van der Waals surface area contributed by atoms with E-state index in [2.05, 4.69) is 35.6 Å². The molecule has 0 radical (unpaired) electrons. The van der Waals surface area contributed by atoms with E-state index in [1.807, 2.05) is 0 Å². The topological polar surface area (TPSA) is 69.9 Å². The summed E-state index contributed by atoms with van der Waals surface area (Å²) >= 11 is 0. The molecule has 6 heteroatoms. The fourth-order valence-electron chi connectivity index (χ4n) is 5.53. The molecule has 3 rings (SSSR count). The molecule has 0 aliphatic carbocycles. The molecule has 3 heterocycles. The largest absolute Gasteiger partial charge is 0.369 e. The number of hydrogen-bond donors (Lipinski definition) is 1. The summed E-state index contributed by atoms with van der Waals surface area (Å²) in [4.78, 5) is 30.8. The van der Waals surface area contributed by atoms with Gasteiger partial charge >= 0.3 is 0 Å². The molecule has 2 bridgehead atoms. The lowest BCUT2D eigenvalue weighted by Crippen LogP contribution is -2.63. The Morgan fingerprint density at radius 1 is 1.04 bits per heavy atom. The summed E-state index contributed by atoms with van der Waals surface area (Å²) in [6.07, 6.45) is 2.77. The zero-order chi connectivity index (χ0) is 17.5. The monoisotopic (exact) mass is 336 g/mol. The number of piperidine rings is 3. The number of hydrogen-bond acceptors (Lipinski definition) is 4. The van der Waals surface area contributed by atoms with Crippen molar-refractivity contribution in [1.82, 2.24) is 14.7 Å². The van der Waals surface area contributed by atoms with Gasteiger partial charge in [-0.05, 0) is 50.2 Å². The first kappa shape index (κ1) is 17.7. The highest BCUT2D eigenvalue weighted by atomic mass is 16.2. The molecular weight excluding hydrogens is 304 g/mol. The van der Waals surface area contributed by atoms with Gasteiger partial charge in [0.1, 0.15) is 0 Å². The summed E-state index contributed by atoms with van der Waals surface area (Å²) in [7, 11) is 2.19. The van der Waals surface area contributed by atoms with Gasteiger partial charge in [0.15, 0.2) is 0 Å². The fourth-order valence-corrected chi connectivity index (χ4v) is 5.53. The van der Waals surface area contributed by atoms with Crippen molar-refractivity contribution in [2.45, 2.75) is 33.1 Å². The van der Waals surface area contributed by atoms with Gasteiger partial charge in [-0.1, -0.05) is 13.8 Å². The minimum absolute atomic E-state index is 0.0148. The normalized spacial score (nSPS) is 35.9. The predicted molar refractivity (Wildman–Crippen MR) is 93.3 cm³/mol. The second-order valence-corrected chi connectivity index (χ2v) is 9.17. The number of carbonyl (C=O) groups excluding carboxylic acids is 2. The molecule has 2 atom stereocenters. The minimum atomic E-state index is -0.199. The van der Waals surface area contributed by atoms with E-state index in [1.165, 1.54) is 6.42 Å². The van der Waals surface area contributed by atoms with Gasteiger partial charge in [-0.25, -0.2) is 0 Å². The maximum Gasteiger partial charge on any atom is 0.236 e. The molecule has 3 fully saturated rings. The molecular formula is C18H32N4O2. The summed E-state index contributed by atoms with van der Waals surface area (Å²) in [5.41, 5.74) is 5.79. The van der Waals surface area contributed by atoms with Crippen LogP contribution in [0.5, 0.6) is 0 Å². The van der Waals surface area contributed by atoms with E-state index in [-0.39, 0.29) is 28.6 Å². The number of nitrogens with zero attached hydrogens (tertiary/aromatic N) is 3. The van der Waals surface area contributed by atoms with Crippen LogP contribution in [-0.4, -0.2) is 79.4 Å². The third-order valence-corrected chi connectivity index (χ3v) is 6.00. The zero-order valence-electron chi connectivity index (χ0n) is 15.4. The highest BCUT2D eigenvalue weighted by molar-refractivity contribution is 5.79. The summed E-state index contributed by atoms with van der Waals surface area (Å²) < 4.78 is 0. The van der Waals surface area contributed by atoms with Gasteiger partial charge in [-0.2, -0.15) is 0 Å². The van der Waals surface area contributed by atoms with Crippen molar-refractivity contribution in [1.29, 1.82) is 0 Å². The second kappa shape index (κ2) is 6.30. The molecule has 24 heavy (non-hydrogen) atoms. The Morgan fingerprint density at radius 2 is 1.58 bits per heavy atom. The molecule has 2 N–H and O–H groups in total. The van der Waals surface area contributed by atoms with Gasteiger partial charge in [0.25, 0.3) is 0 Å². The Hall–Kier alpha value is -1.14. The van der Waals surface area contributed by atoms with E-state index < -0.39 is 0 Å². The zero-order valence-corrected chi connectivity index (χ0v) is 15.4. The number of carbonyl (C=O) groups is 2. The Labute approximate surface area is 145 Å². The number of rotatable bonds is 3. The summed E-state index contributed by atoms with van der Waals surface area (Å²) in [6.45, 7) is 10.6. The standard InChI is InChI=1S/C18H32N4O2/c1-17-9-18(2,11-20(3)10-17)13-22(12-17)15(23)8-21-6-4-14(5-7-21)16(19)24/h14H,4-13H2,1-3H3,(H2,19,24)/t17-,18+. The highest BCUT2D eigenvalue weighted by Gasteiger charge is 2.48. The van der Waals surface area contributed by atoms with Crippen molar-refractivity contribution in [3.05, 3.63) is 0 Å². The molecule has 0 unspecified atom stereocenters. The molecule has 2 amide bonds. The van der Waals surface area contributed by atoms with Gasteiger partial charge < -0.3 is 15.5 Å². The summed E-state index contributed by atoms with van der Waals surface area (Å²) in [5.74, 6) is 0.0306. The van der Waals surface area contributed by atoms with E-state index in [0.29, 0.717) is 6.54 Å². The van der Waals surface area contributed by atoms with E-state index >= 15 is 0 Å². The minimum Gasteiger partial charge on any atom is -0.369 e. The van der Waals surface area contributed by atoms with Crippen LogP contribution in [0.4, 0.5) is 0 Å². The Kier molecular flexibility index (Phi) is 4.64. The first-order valence-electron chi connectivity index (χ1n) is 9.16. The Bertz CT molecular complexity index is 497. The van der Waals surface area contributed by atoms with Crippen molar-refractivity contribution in [3.8, 4) is 0 Å². The molecule has 0 aromatic heterocycles. The van der Waals surface area contributed by atoms with Gasteiger partial charge in [0.05, 0.1) is 6.54 Å². The van der Waals surface area contributed by atoms with Gasteiger partial charge in [-0.15, -0.1) is 0 Å². The summed E-state index contributed by atoms with van der Waals surface area (Å²) in [6, 6.07) is 0. The number of nitrogens with two attached hydrogens (primary N) is 1. The van der Waals surface area contributed by atoms with Gasteiger partial charge in [0, 0.05) is 32.1 Å². The van der Waals surface area contributed by atoms with Crippen molar-refractivity contribution >= 4 is 11.8 Å². The van der Waals surface area contributed by atoms with Crippen LogP contribution in [0.1, 0.15) is 33.1 Å². The lowest BCUT2D eigenvalue weighted by molar-refractivity contribution is -0.145. The van der Waals surface area contributed by atoms with E-state index in [4.69, 9.17) is 5.73 Å². The maximum absolute atomic E-state index is 12.9. The number of primary amides is 1. The van der Waals surface area contributed by atoms with Crippen LogP contribution in [0.15, 0.2) is 0 Å². The molecule has 136 valence electrons. The predicted octanol–water partition coefficient (Wildman–Crippen LogP) is 0.374. The maximum atomic E-state index is 12.9. The van der Waals surface area contributed by atoms with Crippen molar-refractivity contribution in [2.24, 2.45) is 22.5 Å². The molecule has 0 aromatic rings. The number of likely N-dealkylation sites (tertiary alicyclic amines) is 3. The van der Waals surface area contributed by atoms with Crippen LogP contribution in [0.2, 0.25) is 0 Å². The highest BCUT2D eigenvalue weighted by Crippen LogP contribution is 2.44. The van der Waals surface area contributed by atoms with Crippen molar-refractivity contribution in [2.75, 3.05) is 52.9 Å². The van der Waals surface area contributed by atoms with Gasteiger partial charge in [-0.3, -0.25) is 14.5 Å². The molecule has 0 spiro atoms. The van der Waals surface area contributed by atoms with E-state index in [9.17, 15) is 9.59 Å².